The first-order chi connectivity index (χ1) is 10.1. The second-order valence-electron chi connectivity index (χ2n) is 5.34. The van der Waals surface area contributed by atoms with Gasteiger partial charge in [0.15, 0.2) is 0 Å². The Balaban J connectivity index is 1.94. The molecule has 3 rings (SSSR count). The maximum Gasteiger partial charge on any atom is 0.218 e. The molecule has 1 saturated heterocycles. The minimum absolute atomic E-state index is 0.0716. The smallest absolute Gasteiger partial charge is 0.218 e. The third kappa shape index (κ3) is 2.79. The van der Waals surface area contributed by atoms with Crippen LogP contribution in [0.3, 0.4) is 0 Å². The average molecular weight is 306 g/mol. The molecular formula is C15H18N2O3S. The molecular weight excluding hydrogens is 288 g/mol. The van der Waals surface area contributed by atoms with Gasteiger partial charge in [-0.25, -0.2) is 8.42 Å². The van der Waals surface area contributed by atoms with Gasteiger partial charge >= 0.3 is 0 Å². The van der Waals surface area contributed by atoms with Crippen molar-refractivity contribution in [2.24, 2.45) is 0 Å². The summed E-state index contributed by atoms with van der Waals surface area (Å²) in [5, 5.41) is 10.3. The standard InChI is InChI=1S/C15H18N2O3S/c18-10-14-7-3-9-17(14)21(19,20)11-13-5-1-4-12-6-2-8-16-15(12)13/h1-2,4-6,8,14,18H,3,7,9-11H2/t14-/m0/s1. The number of rotatable bonds is 4. The molecule has 0 unspecified atom stereocenters. The summed E-state index contributed by atoms with van der Waals surface area (Å²) in [6.45, 7) is 0.374. The third-order valence-corrected chi connectivity index (χ3v) is 5.82. The van der Waals surface area contributed by atoms with E-state index in [4.69, 9.17) is 0 Å². The molecule has 0 saturated carbocycles. The zero-order valence-electron chi connectivity index (χ0n) is 11.6. The number of para-hydroxylation sites is 1. The van der Waals surface area contributed by atoms with Gasteiger partial charge in [-0.3, -0.25) is 4.98 Å². The number of aromatic nitrogens is 1. The van der Waals surface area contributed by atoms with Crippen LogP contribution in [-0.4, -0.2) is 42.0 Å². The van der Waals surface area contributed by atoms with E-state index in [0.29, 0.717) is 12.1 Å². The summed E-state index contributed by atoms with van der Waals surface area (Å²) in [7, 11) is -3.43. The summed E-state index contributed by atoms with van der Waals surface area (Å²) in [5.74, 6) is -0.0716. The van der Waals surface area contributed by atoms with E-state index in [1.54, 1.807) is 12.3 Å². The van der Waals surface area contributed by atoms with Gasteiger partial charge < -0.3 is 5.11 Å². The van der Waals surface area contributed by atoms with Crippen molar-refractivity contribution in [1.29, 1.82) is 0 Å². The van der Waals surface area contributed by atoms with Crippen molar-refractivity contribution in [3.05, 3.63) is 42.1 Å². The Labute approximate surface area is 124 Å². The van der Waals surface area contributed by atoms with Crippen LogP contribution in [0.4, 0.5) is 0 Å². The van der Waals surface area contributed by atoms with Crippen LogP contribution in [0.5, 0.6) is 0 Å². The SMILES string of the molecule is O=S(=O)(Cc1cccc2cccnc12)N1CCC[C@H]1CO. The molecule has 1 N–H and O–H groups in total. The topological polar surface area (TPSA) is 70.5 Å². The summed E-state index contributed by atoms with van der Waals surface area (Å²) in [6, 6.07) is 9.05. The number of nitrogens with zero attached hydrogens (tertiary/aromatic N) is 2. The van der Waals surface area contributed by atoms with Gasteiger partial charge in [0.1, 0.15) is 0 Å². The summed E-state index contributed by atoms with van der Waals surface area (Å²) >= 11 is 0. The Morgan fingerprint density at radius 1 is 1.29 bits per heavy atom. The van der Waals surface area contributed by atoms with Crippen LogP contribution in [-0.2, 0) is 15.8 Å². The van der Waals surface area contributed by atoms with Crippen molar-refractivity contribution < 1.29 is 13.5 Å². The molecule has 0 bridgehead atoms. The molecule has 1 aliphatic rings. The molecule has 112 valence electrons. The van der Waals surface area contributed by atoms with E-state index in [-0.39, 0.29) is 18.4 Å². The highest BCUT2D eigenvalue weighted by Crippen LogP contribution is 2.25. The van der Waals surface area contributed by atoms with Crippen molar-refractivity contribution in [3.63, 3.8) is 0 Å². The second-order valence-corrected chi connectivity index (χ2v) is 7.26. The minimum Gasteiger partial charge on any atom is -0.395 e. The van der Waals surface area contributed by atoms with E-state index < -0.39 is 10.0 Å². The van der Waals surface area contributed by atoms with E-state index in [1.165, 1.54) is 4.31 Å². The first-order valence-corrected chi connectivity index (χ1v) is 8.66. The Kier molecular flexibility index (Phi) is 3.93. The highest BCUT2D eigenvalue weighted by atomic mass is 32.2. The van der Waals surface area contributed by atoms with Crippen LogP contribution < -0.4 is 0 Å². The lowest BCUT2D eigenvalue weighted by atomic mass is 10.1. The van der Waals surface area contributed by atoms with Crippen molar-refractivity contribution in [3.8, 4) is 0 Å². The molecule has 6 heteroatoms. The number of sulfonamides is 1. The molecule has 0 aliphatic carbocycles. The highest BCUT2D eigenvalue weighted by Gasteiger charge is 2.33. The van der Waals surface area contributed by atoms with Crippen molar-refractivity contribution >= 4 is 20.9 Å². The summed E-state index contributed by atoms with van der Waals surface area (Å²) in [4.78, 5) is 4.30. The monoisotopic (exact) mass is 306 g/mol. The van der Waals surface area contributed by atoms with Crippen LogP contribution in [0.2, 0.25) is 0 Å². The van der Waals surface area contributed by atoms with Gasteiger partial charge in [0.2, 0.25) is 10.0 Å². The number of hydrogen-bond acceptors (Lipinski definition) is 4. The highest BCUT2D eigenvalue weighted by molar-refractivity contribution is 7.88. The van der Waals surface area contributed by atoms with Crippen LogP contribution in [0, 0.1) is 0 Å². The molecule has 1 fully saturated rings. The maximum absolute atomic E-state index is 12.6. The van der Waals surface area contributed by atoms with Gasteiger partial charge in [-0.1, -0.05) is 24.3 Å². The van der Waals surface area contributed by atoms with Crippen LogP contribution in [0.25, 0.3) is 10.9 Å². The predicted molar refractivity (Wildman–Crippen MR) is 81.2 cm³/mol. The van der Waals surface area contributed by atoms with Crippen molar-refractivity contribution in [2.75, 3.05) is 13.2 Å². The largest absolute Gasteiger partial charge is 0.395 e. The quantitative estimate of drug-likeness (QED) is 0.930. The van der Waals surface area contributed by atoms with Crippen LogP contribution in [0.15, 0.2) is 36.5 Å². The van der Waals surface area contributed by atoms with Crippen molar-refractivity contribution in [2.45, 2.75) is 24.6 Å². The van der Waals surface area contributed by atoms with E-state index >= 15 is 0 Å². The number of benzene rings is 1. The lowest BCUT2D eigenvalue weighted by Gasteiger charge is -2.22. The fraction of sp³-hybridized carbons (Fsp3) is 0.400. The summed E-state index contributed by atoms with van der Waals surface area (Å²) in [5.41, 5.74) is 1.43. The zero-order valence-corrected chi connectivity index (χ0v) is 12.5. The fourth-order valence-corrected chi connectivity index (χ4v) is 4.75. The molecule has 21 heavy (non-hydrogen) atoms. The molecule has 0 amide bonds. The van der Waals surface area contributed by atoms with Gasteiger partial charge in [0.05, 0.1) is 17.9 Å². The second kappa shape index (κ2) is 5.71. The Morgan fingerprint density at radius 3 is 2.90 bits per heavy atom. The molecule has 1 aromatic heterocycles. The average Bonchev–Trinajstić information content (AvgIpc) is 2.97. The molecule has 0 spiro atoms. The Morgan fingerprint density at radius 2 is 2.10 bits per heavy atom. The van der Waals surface area contributed by atoms with Gasteiger partial charge in [-0.2, -0.15) is 4.31 Å². The number of hydrogen-bond donors (Lipinski definition) is 1. The molecule has 1 atom stereocenters. The first kappa shape index (κ1) is 14.4. The van der Waals surface area contributed by atoms with E-state index in [0.717, 1.165) is 23.7 Å². The predicted octanol–water partition coefficient (Wildman–Crippen LogP) is 1.52. The summed E-state index contributed by atoms with van der Waals surface area (Å²) in [6.07, 6.45) is 3.20. The van der Waals surface area contributed by atoms with Gasteiger partial charge in [0, 0.05) is 24.2 Å². The zero-order chi connectivity index (χ0) is 14.9. The lowest BCUT2D eigenvalue weighted by Crippen LogP contribution is -2.38. The van der Waals surface area contributed by atoms with E-state index in [2.05, 4.69) is 4.98 Å². The Bertz CT molecular complexity index is 740. The van der Waals surface area contributed by atoms with Gasteiger partial charge in [-0.05, 0) is 24.5 Å². The summed E-state index contributed by atoms with van der Waals surface area (Å²) < 4.78 is 26.6. The first-order valence-electron chi connectivity index (χ1n) is 7.05. The normalized spacial score (nSPS) is 20.1. The maximum atomic E-state index is 12.6. The van der Waals surface area contributed by atoms with E-state index in [9.17, 15) is 13.5 Å². The lowest BCUT2D eigenvalue weighted by molar-refractivity contribution is 0.213. The molecule has 1 aromatic carbocycles. The van der Waals surface area contributed by atoms with Crippen LogP contribution in [0.1, 0.15) is 18.4 Å². The van der Waals surface area contributed by atoms with Crippen molar-refractivity contribution in [1.82, 2.24) is 9.29 Å². The molecule has 0 radical (unpaired) electrons. The van der Waals surface area contributed by atoms with Crippen LogP contribution >= 0.6 is 0 Å². The number of fused-ring (bicyclic) bond motifs is 1. The number of aliphatic hydroxyl groups excluding tert-OH is 1. The molecule has 2 aromatic rings. The van der Waals surface area contributed by atoms with E-state index in [1.807, 2.05) is 24.3 Å². The minimum atomic E-state index is -3.43. The van der Waals surface area contributed by atoms with Gasteiger partial charge in [0.25, 0.3) is 0 Å². The van der Waals surface area contributed by atoms with Gasteiger partial charge in [-0.15, -0.1) is 0 Å². The molecule has 5 nitrogen and oxygen atoms in total. The fourth-order valence-electron chi connectivity index (χ4n) is 2.92. The third-order valence-electron chi connectivity index (χ3n) is 3.95. The number of pyridine rings is 1. The Hall–Kier alpha value is -1.50. The molecule has 2 heterocycles. The molecule has 1 aliphatic heterocycles. The number of aliphatic hydroxyl groups is 1.